The average Bonchev–Trinajstić information content (AvgIpc) is 2.93. The van der Waals surface area contributed by atoms with Crippen LogP contribution in [0.2, 0.25) is 5.02 Å². The number of hydrogen-bond donors (Lipinski definition) is 2. The molecule has 1 saturated heterocycles. The Kier molecular flexibility index (Phi) is 8.01. The predicted octanol–water partition coefficient (Wildman–Crippen LogP) is 3.54. The number of nitrogens with two attached hydrogens (primary N) is 2. The summed E-state index contributed by atoms with van der Waals surface area (Å²) in [7, 11) is 2.15. The SMILES string of the molecule is C/C(N)=C1\N=C(c2ccccc2Cl)c2cc(CN3CCN(C)CC3)ncc2N=C1N.CC. The normalized spacial score (nSPS) is 18.5. The number of piperazine rings is 1. The number of rotatable bonds is 3. The third-order valence-electron chi connectivity index (χ3n) is 5.39. The highest BCUT2D eigenvalue weighted by Crippen LogP contribution is 2.30. The number of allylic oxidation sites excluding steroid dienone is 1. The van der Waals surface area contributed by atoms with Crippen molar-refractivity contribution in [3.8, 4) is 0 Å². The quantitative estimate of drug-likeness (QED) is 0.740. The Bertz CT molecular complexity index is 1050. The van der Waals surface area contributed by atoms with Crippen molar-refractivity contribution < 1.29 is 0 Å². The molecule has 4 N–H and O–H groups in total. The highest BCUT2D eigenvalue weighted by molar-refractivity contribution is 6.36. The molecule has 0 unspecified atom stereocenters. The van der Waals surface area contributed by atoms with Crippen molar-refractivity contribution in [2.75, 3.05) is 33.2 Å². The summed E-state index contributed by atoms with van der Waals surface area (Å²) in [5.41, 5.74) is 17.2. The number of nitrogens with zero attached hydrogens (tertiary/aromatic N) is 5. The molecule has 0 amide bonds. The Hall–Kier alpha value is -2.74. The van der Waals surface area contributed by atoms with E-state index in [0.29, 0.717) is 27.8 Å². The van der Waals surface area contributed by atoms with Crippen LogP contribution in [0.1, 0.15) is 37.6 Å². The molecule has 1 aromatic carbocycles. The van der Waals surface area contributed by atoms with Crippen LogP contribution in [-0.4, -0.2) is 59.6 Å². The third-order valence-corrected chi connectivity index (χ3v) is 5.72. The number of benzene rings is 1. The van der Waals surface area contributed by atoms with Crippen molar-refractivity contribution in [3.05, 3.63) is 69.8 Å². The molecule has 0 aliphatic carbocycles. The van der Waals surface area contributed by atoms with Crippen molar-refractivity contribution in [1.29, 1.82) is 0 Å². The van der Waals surface area contributed by atoms with Gasteiger partial charge in [-0.3, -0.25) is 9.88 Å². The molecule has 170 valence electrons. The summed E-state index contributed by atoms with van der Waals surface area (Å²) >= 11 is 6.52. The number of halogens is 1. The van der Waals surface area contributed by atoms with Crippen LogP contribution in [0.5, 0.6) is 0 Å². The Balaban J connectivity index is 0.00000141. The second-order valence-electron chi connectivity index (χ2n) is 7.74. The highest BCUT2D eigenvalue weighted by atomic mass is 35.5. The van der Waals surface area contributed by atoms with E-state index >= 15 is 0 Å². The minimum absolute atomic E-state index is 0.270. The first kappa shape index (κ1) is 23.9. The second kappa shape index (κ2) is 10.7. The van der Waals surface area contributed by atoms with Gasteiger partial charge in [-0.1, -0.05) is 43.6 Å². The van der Waals surface area contributed by atoms with Gasteiger partial charge in [0.2, 0.25) is 0 Å². The Morgan fingerprint density at radius 1 is 1.06 bits per heavy atom. The maximum atomic E-state index is 6.52. The molecule has 0 saturated carbocycles. The first-order valence-corrected chi connectivity index (χ1v) is 11.3. The van der Waals surface area contributed by atoms with Crippen molar-refractivity contribution >= 4 is 28.8 Å². The third kappa shape index (κ3) is 5.35. The van der Waals surface area contributed by atoms with Gasteiger partial charge in [0.05, 0.1) is 23.3 Å². The van der Waals surface area contributed by atoms with E-state index in [4.69, 9.17) is 28.1 Å². The molecule has 2 aliphatic heterocycles. The summed E-state index contributed by atoms with van der Waals surface area (Å²) in [6, 6.07) is 9.66. The molecule has 0 radical (unpaired) electrons. The van der Waals surface area contributed by atoms with Crippen LogP contribution in [0.25, 0.3) is 0 Å². The van der Waals surface area contributed by atoms with E-state index in [1.807, 2.05) is 44.2 Å². The van der Waals surface area contributed by atoms with Crippen LogP contribution < -0.4 is 11.5 Å². The van der Waals surface area contributed by atoms with Crippen LogP contribution >= 0.6 is 11.6 Å². The summed E-state index contributed by atoms with van der Waals surface area (Å²) in [5, 5.41) is 0.606. The lowest BCUT2D eigenvalue weighted by Crippen LogP contribution is -2.44. The van der Waals surface area contributed by atoms with Crippen molar-refractivity contribution in [2.45, 2.75) is 27.3 Å². The summed E-state index contributed by atoms with van der Waals surface area (Å²) in [6.45, 7) is 10.7. The minimum atomic E-state index is 0.270. The van der Waals surface area contributed by atoms with Gasteiger partial charge in [-0.25, -0.2) is 9.98 Å². The van der Waals surface area contributed by atoms with E-state index in [1.54, 1.807) is 13.1 Å². The number of likely N-dealkylation sites (N-methyl/N-ethyl adjacent to an activating group) is 1. The largest absolute Gasteiger partial charge is 0.400 e. The van der Waals surface area contributed by atoms with E-state index in [1.165, 1.54) is 0 Å². The van der Waals surface area contributed by atoms with Gasteiger partial charge in [-0.15, -0.1) is 0 Å². The lowest BCUT2D eigenvalue weighted by Gasteiger charge is -2.32. The molecule has 8 heteroatoms. The van der Waals surface area contributed by atoms with Crippen molar-refractivity contribution in [3.63, 3.8) is 0 Å². The molecule has 0 bridgehead atoms. The number of fused-ring (bicyclic) bond motifs is 1. The molecule has 2 aromatic rings. The maximum absolute atomic E-state index is 6.52. The van der Waals surface area contributed by atoms with Gasteiger partial charge in [0.1, 0.15) is 5.70 Å². The number of hydrogen-bond acceptors (Lipinski definition) is 7. The molecule has 7 nitrogen and oxygen atoms in total. The molecule has 3 heterocycles. The number of pyridine rings is 1. The monoisotopic (exact) mass is 453 g/mol. The summed E-state index contributed by atoms with van der Waals surface area (Å²) in [6.07, 6.45) is 1.76. The van der Waals surface area contributed by atoms with Gasteiger partial charge < -0.3 is 16.4 Å². The Morgan fingerprint density at radius 2 is 1.75 bits per heavy atom. The van der Waals surface area contributed by atoms with E-state index < -0.39 is 0 Å². The van der Waals surface area contributed by atoms with Crippen LogP contribution in [0.3, 0.4) is 0 Å². The van der Waals surface area contributed by atoms with Crippen LogP contribution in [0.4, 0.5) is 5.69 Å². The fourth-order valence-electron chi connectivity index (χ4n) is 3.65. The fourth-order valence-corrected chi connectivity index (χ4v) is 3.88. The molecule has 1 fully saturated rings. The smallest absolute Gasteiger partial charge is 0.151 e. The van der Waals surface area contributed by atoms with Gasteiger partial charge in [0.25, 0.3) is 0 Å². The topological polar surface area (TPSA) is 96.1 Å². The zero-order chi connectivity index (χ0) is 23.3. The predicted molar refractivity (Wildman–Crippen MR) is 134 cm³/mol. The molecule has 32 heavy (non-hydrogen) atoms. The minimum Gasteiger partial charge on any atom is -0.400 e. The Morgan fingerprint density at radius 3 is 2.41 bits per heavy atom. The molecule has 0 spiro atoms. The van der Waals surface area contributed by atoms with E-state index in [-0.39, 0.29) is 5.84 Å². The zero-order valence-corrected chi connectivity index (χ0v) is 20.0. The van der Waals surface area contributed by atoms with E-state index in [9.17, 15) is 0 Å². The van der Waals surface area contributed by atoms with Crippen LogP contribution in [0, 0.1) is 0 Å². The van der Waals surface area contributed by atoms with Crippen molar-refractivity contribution in [1.82, 2.24) is 14.8 Å². The standard InChI is InChI=1S/C22H26ClN7.C2H6/c1-14(24)20-22(25)27-19-12-26-15(13-30-9-7-29(2)8-10-30)11-17(19)21(28-20)16-5-3-4-6-18(16)23;1-2/h3-6,11-12H,7-10,13,24H2,1-2H3,(H2,25,27);1-2H3/b20-14+;. The zero-order valence-electron chi connectivity index (χ0n) is 19.3. The first-order valence-electron chi connectivity index (χ1n) is 11.0. The van der Waals surface area contributed by atoms with E-state index in [0.717, 1.165) is 49.5 Å². The second-order valence-corrected chi connectivity index (χ2v) is 8.15. The lowest BCUT2D eigenvalue weighted by atomic mass is 10.0. The van der Waals surface area contributed by atoms with Crippen molar-refractivity contribution in [2.24, 2.45) is 21.5 Å². The molecular weight excluding hydrogens is 422 g/mol. The average molecular weight is 454 g/mol. The van der Waals surface area contributed by atoms with Gasteiger partial charge >= 0.3 is 0 Å². The summed E-state index contributed by atoms with van der Waals surface area (Å²) in [4.78, 5) is 18.8. The van der Waals surface area contributed by atoms with Gasteiger partial charge in [-0.2, -0.15) is 0 Å². The number of aromatic nitrogens is 1. The van der Waals surface area contributed by atoms with Gasteiger partial charge in [-0.05, 0) is 26.1 Å². The molecule has 2 aliphatic rings. The molecule has 0 atom stereocenters. The Labute approximate surface area is 195 Å². The van der Waals surface area contributed by atoms with Gasteiger partial charge in [0, 0.05) is 54.6 Å². The lowest BCUT2D eigenvalue weighted by molar-refractivity contribution is 0.147. The molecule has 4 rings (SSSR count). The number of aliphatic imine (C=N–C) groups is 2. The van der Waals surface area contributed by atoms with Crippen LogP contribution in [0.15, 0.2) is 57.9 Å². The molecule has 1 aromatic heterocycles. The summed E-state index contributed by atoms with van der Waals surface area (Å²) < 4.78 is 0. The number of amidine groups is 1. The van der Waals surface area contributed by atoms with Gasteiger partial charge in [0.15, 0.2) is 5.84 Å². The van der Waals surface area contributed by atoms with Crippen LogP contribution in [-0.2, 0) is 6.54 Å². The maximum Gasteiger partial charge on any atom is 0.151 e. The summed E-state index contributed by atoms with van der Waals surface area (Å²) in [5.74, 6) is 0.270. The fraction of sp³-hybridized carbons (Fsp3) is 0.375. The highest BCUT2D eigenvalue weighted by Gasteiger charge is 2.22. The van der Waals surface area contributed by atoms with E-state index in [2.05, 4.69) is 26.8 Å². The molecular formula is C24H32ClN7. The first-order chi connectivity index (χ1) is 15.4.